The predicted molar refractivity (Wildman–Crippen MR) is 149 cm³/mol. The standard InChI is InChI=1S/C30H33NO11/c1-6-12-36-20-14-18-13-19(31-28(33)37-15-17-10-8-7-9-11-17)26(32)38-21(18)16(2)22(20)39-27-24-23(40-29(34)41-24)25(35-5)30(3,4)42-27/h7-11,13-14,23-25,27H,6,12,15H2,1-5H3,(H,31,33)/t23-,24+,25-,27-/m1/s1. The van der Waals surface area contributed by atoms with Crippen LogP contribution in [0.3, 0.4) is 0 Å². The number of rotatable bonds is 9. The average Bonchev–Trinajstić information content (AvgIpc) is 3.34. The van der Waals surface area contributed by atoms with Gasteiger partial charge in [-0.05, 0) is 44.9 Å². The van der Waals surface area contributed by atoms with E-state index in [0.29, 0.717) is 29.7 Å². The maximum Gasteiger partial charge on any atom is 0.509 e. The molecule has 3 heterocycles. The summed E-state index contributed by atoms with van der Waals surface area (Å²) in [5.74, 6) is 0.575. The van der Waals surface area contributed by atoms with E-state index in [1.54, 1.807) is 26.8 Å². The number of hydrogen-bond donors (Lipinski definition) is 1. The van der Waals surface area contributed by atoms with Crippen LogP contribution >= 0.6 is 0 Å². The summed E-state index contributed by atoms with van der Waals surface area (Å²) in [6, 6.07) is 12.3. The molecule has 1 aromatic heterocycles. The third-order valence-electron chi connectivity index (χ3n) is 7.03. The first-order chi connectivity index (χ1) is 20.1. The van der Waals surface area contributed by atoms with Crippen LogP contribution in [-0.4, -0.2) is 56.2 Å². The molecule has 0 spiro atoms. The van der Waals surface area contributed by atoms with Crippen LogP contribution in [0.1, 0.15) is 38.3 Å². The Morgan fingerprint density at radius 3 is 2.52 bits per heavy atom. The molecule has 2 fully saturated rings. The third-order valence-corrected chi connectivity index (χ3v) is 7.03. The van der Waals surface area contributed by atoms with Gasteiger partial charge in [0, 0.05) is 18.1 Å². The van der Waals surface area contributed by atoms with Gasteiger partial charge in [0.2, 0.25) is 12.4 Å². The summed E-state index contributed by atoms with van der Waals surface area (Å²) >= 11 is 0. The van der Waals surface area contributed by atoms with Crippen molar-refractivity contribution in [1.82, 2.24) is 0 Å². The van der Waals surface area contributed by atoms with Crippen LogP contribution in [0, 0.1) is 6.92 Å². The predicted octanol–water partition coefficient (Wildman–Crippen LogP) is 5.07. The molecule has 2 aliphatic heterocycles. The molecule has 0 unspecified atom stereocenters. The van der Waals surface area contributed by atoms with Crippen molar-refractivity contribution in [3.63, 3.8) is 0 Å². The summed E-state index contributed by atoms with van der Waals surface area (Å²) in [6.07, 6.45) is -4.35. The molecule has 0 saturated carbocycles. The fraction of sp³-hybridized carbons (Fsp3) is 0.433. The molecule has 3 aromatic rings. The SMILES string of the molecule is CCCOc1cc2cc(NC(=O)OCc3ccccc3)c(=O)oc2c(C)c1O[C@@H]1OC(C)(C)[C@H](OC)[C@@H]2OC(=O)O[C@H]12. The second kappa shape index (κ2) is 11.9. The molecular formula is C30H33NO11. The molecule has 224 valence electrons. The molecule has 12 nitrogen and oxygen atoms in total. The zero-order chi connectivity index (χ0) is 30.0. The van der Waals surface area contributed by atoms with E-state index in [9.17, 15) is 14.4 Å². The quantitative estimate of drug-likeness (QED) is 0.267. The summed E-state index contributed by atoms with van der Waals surface area (Å²) in [6.45, 7) is 7.63. The number of aryl methyl sites for hydroxylation is 1. The Morgan fingerprint density at radius 2 is 1.81 bits per heavy atom. The Balaban J connectivity index is 1.44. The van der Waals surface area contributed by atoms with E-state index in [2.05, 4.69) is 5.32 Å². The molecule has 0 radical (unpaired) electrons. The number of benzene rings is 2. The van der Waals surface area contributed by atoms with Crippen LogP contribution in [0.5, 0.6) is 11.5 Å². The van der Waals surface area contributed by atoms with Gasteiger partial charge in [0.05, 0.1) is 12.2 Å². The van der Waals surface area contributed by atoms with E-state index >= 15 is 0 Å². The van der Waals surface area contributed by atoms with Crippen molar-refractivity contribution in [2.45, 2.75) is 70.9 Å². The normalized spacial score (nSPS) is 22.5. The number of anilines is 1. The van der Waals surface area contributed by atoms with Crippen LogP contribution in [0.25, 0.3) is 11.0 Å². The van der Waals surface area contributed by atoms with Gasteiger partial charge in [-0.3, -0.25) is 5.32 Å². The molecule has 2 saturated heterocycles. The van der Waals surface area contributed by atoms with E-state index in [-0.39, 0.29) is 23.6 Å². The molecule has 12 heteroatoms. The second-order valence-corrected chi connectivity index (χ2v) is 10.5. The summed E-state index contributed by atoms with van der Waals surface area (Å²) in [4.78, 5) is 37.3. The van der Waals surface area contributed by atoms with Crippen molar-refractivity contribution in [2.24, 2.45) is 0 Å². The maximum atomic E-state index is 12.9. The minimum atomic E-state index is -1.09. The van der Waals surface area contributed by atoms with Crippen LogP contribution in [0.4, 0.5) is 15.3 Å². The lowest BCUT2D eigenvalue weighted by atomic mass is 9.89. The fourth-order valence-electron chi connectivity index (χ4n) is 5.09. The third kappa shape index (κ3) is 5.86. The number of hydrogen-bond acceptors (Lipinski definition) is 11. The molecule has 0 bridgehead atoms. The zero-order valence-corrected chi connectivity index (χ0v) is 24.0. The van der Waals surface area contributed by atoms with E-state index in [4.69, 9.17) is 37.6 Å². The zero-order valence-electron chi connectivity index (χ0n) is 24.0. The Labute approximate surface area is 241 Å². The Morgan fingerprint density at radius 1 is 1.07 bits per heavy atom. The molecule has 5 rings (SSSR count). The van der Waals surface area contributed by atoms with E-state index in [1.165, 1.54) is 13.2 Å². The van der Waals surface area contributed by atoms with Crippen LogP contribution in [-0.2, 0) is 30.3 Å². The maximum absolute atomic E-state index is 12.9. The first kappa shape index (κ1) is 29.2. The fourth-order valence-corrected chi connectivity index (χ4v) is 5.09. The van der Waals surface area contributed by atoms with Crippen LogP contribution in [0.2, 0.25) is 0 Å². The number of ether oxygens (including phenoxy) is 7. The van der Waals surface area contributed by atoms with E-state index in [0.717, 1.165) is 5.56 Å². The highest BCUT2D eigenvalue weighted by molar-refractivity contribution is 5.90. The van der Waals surface area contributed by atoms with Gasteiger partial charge >= 0.3 is 17.9 Å². The topological polar surface area (TPSA) is 141 Å². The van der Waals surface area contributed by atoms with Crippen molar-refractivity contribution in [1.29, 1.82) is 0 Å². The van der Waals surface area contributed by atoms with Crippen LogP contribution < -0.4 is 20.4 Å². The number of amides is 1. The first-order valence-corrected chi connectivity index (χ1v) is 13.6. The lowest BCUT2D eigenvalue weighted by molar-refractivity contribution is -0.283. The molecule has 0 aliphatic carbocycles. The first-order valence-electron chi connectivity index (χ1n) is 13.6. The summed E-state index contributed by atoms with van der Waals surface area (Å²) in [7, 11) is 1.50. The van der Waals surface area contributed by atoms with Crippen LogP contribution in [0.15, 0.2) is 51.7 Å². The van der Waals surface area contributed by atoms with Gasteiger partial charge in [0.15, 0.2) is 17.6 Å². The minimum absolute atomic E-state index is 0.0355. The molecule has 2 aromatic carbocycles. The Kier molecular flexibility index (Phi) is 8.28. The van der Waals surface area contributed by atoms with Crippen molar-refractivity contribution in [3.05, 3.63) is 64.0 Å². The largest absolute Gasteiger partial charge is 0.509 e. The van der Waals surface area contributed by atoms with E-state index in [1.807, 2.05) is 37.3 Å². The number of carbonyl (C=O) groups is 2. The molecule has 2 aliphatic rings. The highest BCUT2D eigenvalue weighted by Gasteiger charge is 2.59. The van der Waals surface area contributed by atoms with Gasteiger partial charge in [0.1, 0.15) is 24.0 Å². The smallest absolute Gasteiger partial charge is 0.490 e. The molecule has 4 atom stereocenters. The number of methoxy groups -OCH3 is 1. The average molecular weight is 584 g/mol. The van der Waals surface area contributed by atoms with Gasteiger partial charge < -0.3 is 37.6 Å². The molecule has 1 N–H and O–H groups in total. The molecule has 42 heavy (non-hydrogen) atoms. The number of nitrogens with one attached hydrogen (secondary N) is 1. The Hall–Kier alpha value is -4.29. The van der Waals surface area contributed by atoms with Gasteiger partial charge in [-0.2, -0.15) is 0 Å². The lowest BCUT2D eigenvalue weighted by Gasteiger charge is -2.45. The van der Waals surface area contributed by atoms with Gasteiger partial charge in [-0.1, -0.05) is 37.3 Å². The highest BCUT2D eigenvalue weighted by Crippen LogP contribution is 2.43. The summed E-state index contributed by atoms with van der Waals surface area (Å²) < 4.78 is 45.7. The minimum Gasteiger partial charge on any atom is -0.490 e. The van der Waals surface area contributed by atoms with Crippen molar-refractivity contribution >= 4 is 28.9 Å². The molecular weight excluding hydrogens is 550 g/mol. The van der Waals surface area contributed by atoms with Gasteiger partial charge in [-0.25, -0.2) is 14.4 Å². The molecule has 1 amide bonds. The lowest BCUT2D eigenvalue weighted by Crippen LogP contribution is -2.62. The van der Waals surface area contributed by atoms with E-state index < -0.39 is 48.1 Å². The highest BCUT2D eigenvalue weighted by atomic mass is 16.8. The van der Waals surface area contributed by atoms with Crippen molar-refractivity contribution in [3.8, 4) is 11.5 Å². The van der Waals surface area contributed by atoms with Gasteiger partial charge in [0.25, 0.3) is 0 Å². The second-order valence-electron chi connectivity index (χ2n) is 10.5. The monoisotopic (exact) mass is 583 g/mol. The summed E-state index contributed by atoms with van der Waals surface area (Å²) in [5, 5.41) is 2.92. The number of carbonyl (C=O) groups excluding carboxylic acids is 2. The summed E-state index contributed by atoms with van der Waals surface area (Å²) in [5.41, 5.74) is -0.351. The Bertz CT molecular complexity index is 1520. The van der Waals surface area contributed by atoms with Crippen molar-refractivity contribution < 1.29 is 47.2 Å². The number of fused-ring (bicyclic) bond motifs is 2. The van der Waals surface area contributed by atoms with Gasteiger partial charge in [-0.15, -0.1) is 0 Å². The van der Waals surface area contributed by atoms with Crippen molar-refractivity contribution in [2.75, 3.05) is 19.0 Å².